The first-order chi connectivity index (χ1) is 12.0. The van der Waals surface area contributed by atoms with Gasteiger partial charge < -0.3 is 0 Å². The second kappa shape index (κ2) is 5.96. The Morgan fingerprint density at radius 2 is 1.44 bits per heavy atom. The van der Waals surface area contributed by atoms with Crippen molar-refractivity contribution in [2.24, 2.45) is 0 Å². The number of aromatic nitrogens is 1. The molecule has 0 fully saturated rings. The summed E-state index contributed by atoms with van der Waals surface area (Å²) in [6.45, 7) is 8.69. The van der Waals surface area contributed by atoms with E-state index in [0.29, 0.717) is 0 Å². The van der Waals surface area contributed by atoms with Gasteiger partial charge in [0, 0.05) is 20.8 Å². The van der Waals surface area contributed by atoms with E-state index in [4.69, 9.17) is 4.98 Å². The molecule has 2 heteroatoms. The zero-order chi connectivity index (χ0) is 17.7. The van der Waals surface area contributed by atoms with Gasteiger partial charge in [0.25, 0.3) is 0 Å². The Kier molecular flexibility index (Phi) is 3.88. The van der Waals surface area contributed by atoms with Crippen molar-refractivity contribution < 1.29 is 0 Å². The Balaban J connectivity index is 2.25. The molecule has 124 valence electrons. The monoisotopic (exact) mass is 389 g/mol. The van der Waals surface area contributed by atoms with E-state index >= 15 is 0 Å². The summed E-state index contributed by atoms with van der Waals surface area (Å²) >= 11 is 3.70. The lowest BCUT2D eigenvalue weighted by atomic mass is 9.90. The number of aryl methyl sites for hydroxylation is 4. The summed E-state index contributed by atoms with van der Waals surface area (Å²) in [5.74, 6) is 0. The molecule has 0 bridgehead atoms. The fraction of sp³-hybridized carbons (Fsp3) is 0.174. The molecule has 1 nitrogen and oxygen atoms in total. The van der Waals surface area contributed by atoms with Gasteiger partial charge in [0.05, 0.1) is 11.0 Å². The Hall–Kier alpha value is -2.19. The summed E-state index contributed by atoms with van der Waals surface area (Å²) in [6, 6.07) is 17.3. The Labute approximate surface area is 156 Å². The van der Waals surface area contributed by atoms with Crippen LogP contribution in [0.4, 0.5) is 0 Å². The van der Waals surface area contributed by atoms with Crippen LogP contribution in [0.1, 0.15) is 22.3 Å². The highest BCUT2D eigenvalue weighted by atomic mass is 79.9. The molecule has 0 aliphatic rings. The van der Waals surface area contributed by atoms with E-state index in [2.05, 4.69) is 92.2 Å². The normalized spacial score (nSPS) is 11.4. The van der Waals surface area contributed by atoms with E-state index in [1.54, 1.807) is 0 Å². The number of benzene rings is 3. The van der Waals surface area contributed by atoms with Crippen molar-refractivity contribution in [2.45, 2.75) is 27.7 Å². The van der Waals surface area contributed by atoms with Crippen LogP contribution < -0.4 is 0 Å². The maximum atomic E-state index is 4.92. The highest BCUT2D eigenvalue weighted by molar-refractivity contribution is 9.10. The summed E-state index contributed by atoms with van der Waals surface area (Å²) in [4.78, 5) is 4.92. The van der Waals surface area contributed by atoms with Gasteiger partial charge >= 0.3 is 0 Å². The van der Waals surface area contributed by atoms with Crippen molar-refractivity contribution in [3.8, 4) is 11.1 Å². The Morgan fingerprint density at radius 1 is 0.760 bits per heavy atom. The lowest BCUT2D eigenvalue weighted by molar-refractivity contribution is 1.34. The van der Waals surface area contributed by atoms with Gasteiger partial charge in [0.15, 0.2) is 0 Å². The third-order valence-electron chi connectivity index (χ3n) is 5.10. The largest absolute Gasteiger partial charge is 0.248 e. The van der Waals surface area contributed by atoms with Crippen LogP contribution in [0.15, 0.2) is 53.0 Å². The third kappa shape index (κ3) is 2.56. The molecule has 1 aromatic heterocycles. The Bertz CT molecular complexity index is 1120. The van der Waals surface area contributed by atoms with Crippen molar-refractivity contribution >= 4 is 37.7 Å². The van der Waals surface area contributed by atoms with Gasteiger partial charge in [0.1, 0.15) is 0 Å². The maximum absolute atomic E-state index is 4.92. The van der Waals surface area contributed by atoms with E-state index in [1.807, 2.05) is 0 Å². The van der Waals surface area contributed by atoms with Gasteiger partial charge in [-0.3, -0.25) is 0 Å². The number of fused-ring (bicyclic) bond motifs is 2. The molecule has 4 aromatic rings. The van der Waals surface area contributed by atoms with Gasteiger partial charge in [0.2, 0.25) is 0 Å². The molecule has 4 rings (SSSR count). The van der Waals surface area contributed by atoms with Gasteiger partial charge in [-0.15, -0.1) is 0 Å². The predicted octanol–water partition coefficient (Wildman–Crippen LogP) is 7.05. The summed E-state index contributed by atoms with van der Waals surface area (Å²) in [5, 5.41) is 2.48. The lowest BCUT2D eigenvalue weighted by Crippen LogP contribution is -1.94. The SMILES string of the molecule is Cc1cc(-c2c3ccccc3nc3ccc(C)c(C)c23)cc(C)c1Br. The van der Waals surface area contributed by atoms with Crippen LogP contribution in [0.5, 0.6) is 0 Å². The molecule has 0 saturated heterocycles. The second-order valence-electron chi connectivity index (χ2n) is 6.83. The van der Waals surface area contributed by atoms with Crippen molar-refractivity contribution in [1.82, 2.24) is 4.98 Å². The summed E-state index contributed by atoms with van der Waals surface area (Å²) < 4.78 is 1.19. The van der Waals surface area contributed by atoms with E-state index in [0.717, 1.165) is 11.0 Å². The molecule has 25 heavy (non-hydrogen) atoms. The number of rotatable bonds is 1. The summed E-state index contributed by atoms with van der Waals surface area (Å²) in [7, 11) is 0. The fourth-order valence-electron chi connectivity index (χ4n) is 3.65. The van der Waals surface area contributed by atoms with E-state index in [1.165, 1.54) is 48.6 Å². The standard InChI is InChI=1S/C23H20BrN/c1-13-9-10-20-21(16(13)4)22(18-7-5-6-8-19(18)25-20)17-11-14(2)23(24)15(3)12-17/h5-12H,1-4H3. The number of halogens is 1. The van der Waals surface area contributed by atoms with Crippen LogP contribution in [-0.4, -0.2) is 4.98 Å². The molecule has 0 unspecified atom stereocenters. The zero-order valence-corrected chi connectivity index (χ0v) is 16.5. The highest BCUT2D eigenvalue weighted by Crippen LogP contribution is 2.39. The number of hydrogen-bond donors (Lipinski definition) is 0. The summed E-state index contributed by atoms with van der Waals surface area (Å²) in [6.07, 6.45) is 0. The molecule has 0 saturated carbocycles. The van der Waals surface area contributed by atoms with E-state index in [9.17, 15) is 0 Å². The molecule has 0 aliphatic carbocycles. The smallest absolute Gasteiger partial charge is 0.0718 e. The fourth-order valence-corrected chi connectivity index (χ4v) is 3.88. The van der Waals surface area contributed by atoms with Crippen molar-refractivity contribution in [3.05, 3.63) is 75.3 Å². The zero-order valence-electron chi connectivity index (χ0n) is 14.9. The van der Waals surface area contributed by atoms with Crippen LogP contribution in [-0.2, 0) is 0 Å². The van der Waals surface area contributed by atoms with E-state index in [-0.39, 0.29) is 0 Å². The minimum atomic E-state index is 1.05. The molecule has 0 amide bonds. The van der Waals surface area contributed by atoms with Crippen molar-refractivity contribution in [2.75, 3.05) is 0 Å². The van der Waals surface area contributed by atoms with Crippen LogP contribution in [0.2, 0.25) is 0 Å². The van der Waals surface area contributed by atoms with Gasteiger partial charge in [-0.1, -0.05) is 52.3 Å². The molecule has 0 radical (unpaired) electrons. The molecule has 0 atom stereocenters. The van der Waals surface area contributed by atoms with Crippen LogP contribution in [0, 0.1) is 27.7 Å². The van der Waals surface area contributed by atoms with Gasteiger partial charge in [-0.05, 0) is 67.6 Å². The molecule has 0 N–H and O–H groups in total. The molecular formula is C23H20BrN. The average Bonchev–Trinajstić information content (AvgIpc) is 2.61. The van der Waals surface area contributed by atoms with Crippen LogP contribution in [0.25, 0.3) is 32.9 Å². The first kappa shape index (κ1) is 16.3. The lowest BCUT2D eigenvalue weighted by Gasteiger charge is -2.16. The second-order valence-corrected chi connectivity index (χ2v) is 7.62. The van der Waals surface area contributed by atoms with Crippen LogP contribution >= 0.6 is 15.9 Å². The number of nitrogens with zero attached hydrogens (tertiary/aromatic N) is 1. The van der Waals surface area contributed by atoms with Crippen molar-refractivity contribution in [3.63, 3.8) is 0 Å². The topological polar surface area (TPSA) is 12.9 Å². The number of para-hydroxylation sites is 1. The maximum Gasteiger partial charge on any atom is 0.0718 e. The molecule has 0 aliphatic heterocycles. The number of pyridine rings is 1. The minimum absolute atomic E-state index is 1.05. The third-order valence-corrected chi connectivity index (χ3v) is 6.35. The molecular weight excluding hydrogens is 370 g/mol. The summed E-state index contributed by atoms with van der Waals surface area (Å²) in [5.41, 5.74) is 9.79. The first-order valence-electron chi connectivity index (χ1n) is 8.53. The quantitative estimate of drug-likeness (QED) is 0.317. The van der Waals surface area contributed by atoms with Gasteiger partial charge in [-0.25, -0.2) is 4.98 Å². The number of hydrogen-bond acceptors (Lipinski definition) is 1. The molecule has 3 aromatic carbocycles. The van der Waals surface area contributed by atoms with Crippen molar-refractivity contribution in [1.29, 1.82) is 0 Å². The van der Waals surface area contributed by atoms with Crippen LogP contribution in [0.3, 0.4) is 0 Å². The molecule has 0 spiro atoms. The predicted molar refractivity (Wildman–Crippen MR) is 111 cm³/mol. The Morgan fingerprint density at radius 3 is 2.16 bits per heavy atom. The van der Waals surface area contributed by atoms with E-state index < -0.39 is 0 Å². The first-order valence-corrected chi connectivity index (χ1v) is 9.32. The highest BCUT2D eigenvalue weighted by Gasteiger charge is 2.15. The molecule has 1 heterocycles. The average molecular weight is 390 g/mol. The van der Waals surface area contributed by atoms with Gasteiger partial charge in [-0.2, -0.15) is 0 Å². The minimum Gasteiger partial charge on any atom is -0.248 e.